The number of nitrogens with one attached hydrogen (secondary N) is 1. The Morgan fingerprint density at radius 1 is 1.30 bits per heavy atom. The van der Waals surface area contributed by atoms with E-state index in [1.165, 1.54) is 0 Å². The van der Waals surface area contributed by atoms with Gasteiger partial charge in [-0.15, -0.1) is 0 Å². The lowest BCUT2D eigenvalue weighted by Gasteiger charge is -2.15. The molecule has 0 aliphatic carbocycles. The van der Waals surface area contributed by atoms with Crippen LogP contribution in [0.1, 0.15) is 17.7 Å². The Hall–Kier alpha value is -2.51. The minimum atomic E-state index is -0.394. The highest BCUT2D eigenvalue weighted by atomic mass is 16.5. The number of aliphatic hydroxyl groups excluding tert-OH is 1. The zero-order valence-corrected chi connectivity index (χ0v) is 15.5. The number of β-amino-alcohol motifs (C(OH)–C–C–N with tert-alkyl or cyclic N) is 1. The summed E-state index contributed by atoms with van der Waals surface area (Å²) in [5.41, 5.74) is 1.92. The molecule has 1 aromatic carbocycles. The van der Waals surface area contributed by atoms with Gasteiger partial charge in [0.2, 0.25) is 5.91 Å². The number of benzene rings is 1. The molecule has 2 aromatic rings. The molecule has 3 rings (SSSR count). The van der Waals surface area contributed by atoms with Gasteiger partial charge < -0.3 is 15.2 Å². The van der Waals surface area contributed by atoms with Crippen LogP contribution in [0.15, 0.2) is 42.9 Å². The van der Waals surface area contributed by atoms with E-state index in [1.807, 2.05) is 24.3 Å². The SMILES string of the molecule is COc1ccc(CNC(=O)CCN2CC(O)C(Cc3cnccn3)C2)cc1. The van der Waals surface area contributed by atoms with Gasteiger partial charge in [0, 0.05) is 57.1 Å². The van der Waals surface area contributed by atoms with Crippen LogP contribution in [-0.2, 0) is 17.8 Å². The minimum Gasteiger partial charge on any atom is -0.497 e. The minimum absolute atomic E-state index is 0.0117. The first-order valence-corrected chi connectivity index (χ1v) is 9.19. The summed E-state index contributed by atoms with van der Waals surface area (Å²) in [5.74, 6) is 0.940. The van der Waals surface area contributed by atoms with E-state index in [0.717, 1.165) is 23.6 Å². The van der Waals surface area contributed by atoms with Crippen LogP contribution in [0.4, 0.5) is 0 Å². The first-order valence-electron chi connectivity index (χ1n) is 9.19. The summed E-state index contributed by atoms with van der Waals surface area (Å²) in [6.07, 6.45) is 5.78. The number of ether oxygens (including phenoxy) is 1. The summed E-state index contributed by atoms with van der Waals surface area (Å²) in [5, 5.41) is 13.2. The molecule has 0 radical (unpaired) electrons. The highest BCUT2D eigenvalue weighted by Gasteiger charge is 2.31. The van der Waals surface area contributed by atoms with E-state index in [2.05, 4.69) is 20.2 Å². The molecule has 1 fully saturated rings. The maximum atomic E-state index is 12.1. The van der Waals surface area contributed by atoms with Gasteiger partial charge in [-0.25, -0.2) is 0 Å². The van der Waals surface area contributed by atoms with Gasteiger partial charge in [0.15, 0.2) is 0 Å². The smallest absolute Gasteiger partial charge is 0.221 e. The highest BCUT2D eigenvalue weighted by molar-refractivity contribution is 5.76. The number of carbonyl (C=O) groups is 1. The van der Waals surface area contributed by atoms with Crippen molar-refractivity contribution in [3.63, 3.8) is 0 Å². The molecule has 2 heterocycles. The first kappa shape index (κ1) is 19.3. The third-order valence-electron chi connectivity index (χ3n) is 4.87. The molecule has 0 bridgehead atoms. The van der Waals surface area contributed by atoms with E-state index in [4.69, 9.17) is 4.74 Å². The van der Waals surface area contributed by atoms with Gasteiger partial charge in [-0.1, -0.05) is 12.1 Å². The van der Waals surface area contributed by atoms with Gasteiger partial charge >= 0.3 is 0 Å². The molecule has 7 heteroatoms. The van der Waals surface area contributed by atoms with Crippen molar-refractivity contribution in [1.82, 2.24) is 20.2 Å². The molecule has 144 valence electrons. The molecule has 7 nitrogen and oxygen atoms in total. The fourth-order valence-corrected chi connectivity index (χ4v) is 3.32. The Morgan fingerprint density at radius 3 is 2.81 bits per heavy atom. The average Bonchev–Trinajstić information content (AvgIpc) is 3.05. The fraction of sp³-hybridized carbons (Fsp3) is 0.450. The highest BCUT2D eigenvalue weighted by Crippen LogP contribution is 2.20. The summed E-state index contributed by atoms with van der Waals surface area (Å²) in [6, 6.07) is 7.63. The molecule has 2 atom stereocenters. The molecule has 0 spiro atoms. The van der Waals surface area contributed by atoms with Gasteiger partial charge in [0.1, 0.15) is 5.75 Å². The Kier molecular flexibility index (Phi) is 6.73. The predicted molar refractivity (Wildman–Crippen MR) is 101 cm³/mol. The molecule has 2 unspecified atom stereocenters. The third-order valence-corrected chi connectivity index (χ3v) is 4.87. The van der Waals surface area contributed by atoms with Crippen LogP contribution in [0.25, 0.3) is 0 Å². The van der Waals surface area contributed by atoms with Crippen molar-refractivity contribution in [2.24, 2.45) is 5.92 Å². The standard InChI is InChI=1S/C20H26N4O3/c1-27-18-4-2-15(3-5-18)11-23-20(26)6-9-24-13-16(19(25)14-24)10-17-12-21-7-8-22-17/h2-5,7-8,12,16,19,25H,6,9-11,13-14H2,1H3,(H,23,26). The summed E-state index contributed by atoms with van der Waals surface area (Å²) in [4.78, 5) is 22.6. The van der Waals surface area contributed by atoms with Gasteiger partial charge in [-0.05, 0) is 24.1 Å². The van der Waals surface area contributed by atoms with Crippen molar-refractivity contribution in [1.29, 1.82) is 0 Å². The number of likely N-dealkylation sites (tertiary alicyclic amines) is 1. The van der Waals surface area contributed by atoms with Gasteiger partial charge in [0.05, 0.1) is 18.9 Å². The Bertz CT molecular complexity index is 724. The van der Waals surface area contributed by atoms with Crippen molar-refractivity contribution in [2.45, 2.75) is 25.5 Å². The van der Waals surface area contributed by atoms with Crippen molar-refractivity contribution in [3.05, 3.63) is 54.1 Å². The molecule has 2 N–H and O–H groups in total. The number of aliphatic hydroxyl groups is 1. The summed E-state index contributed by atoms with van der Waals surface area (Å²) in [6.45, 7) is 2.50. The van der Waals surface area contributed by atoms with E-state index in [9.17, 15) is 9.90 Å². The van der Waals surface area contributed by atoms with E-state index in [-0.39, 0.29) is 11.8 Å². The lowest BCUT2D eigenvalue weighted by molar-refractivity contribution is -0.121. The van der Waals surface area contributed by atoms with Crippen molar-refractivity contribution in [3.8, 4) is 5.75 Å². The molecule has 1 aromatic heterocycles. The monoisotopic (exact) mass is 370 g/mol. The second kappa shape index (κ2) is 9.43. The van der Waals surface area contributed by atoms with Crippen LogP contribution in [0.5, 0.6) is 5.75 Å². The summed E-state index contributed by atoms with van der Waals surface area (Å²) >= 11 is 0. The number of methoxy groups -OCH3 is 1. The first-order chi connectivity index (χ1) is 13.1. The van der Waals surface area contributed by atoms with E-state index < -0.39 is 6.10 Å². The summed E-state index contributed by atoms with van der Waals surface area (Å²) < 4.78 is 5.12. The average molecular weight is 370 g/mol. The van der Waals surface area contributed by atoms with Crippen LogP contribution in [0.2, 0.25) is 0 Å². The van der Waals surface area contributed by atoms with E-state index >= 15 is 0 Å². The number of amides is 1. The molecule has 0 saturated carbocycles. The molecular formula is C20H26N4O3. The third kappa shape index (κ3) is 5.74. The molecule has 1 amide bonds. The molecule has 27 heavy (non-hydrogen) atoms. The normalized spacial score (nSPS) is 19.8. The number of aromatic nitrogens is 2. The predicted octanol–water partition coefficient (Wildman–Crippen LogP) is 1.03. The lowest BCUT2D eigenvalue weighted by atomic mass is 10.0. The fourth-order valence-electron chi connectivity index (χ4n) is 3.32. The molecular weight excluding hydrogens is 344 g/mol. The van der Waals surface area contributed by atoms with Crippen molar-refractivity contribution < 1.29 is 14.6 Å². The molecule has 1 saturated heterocycles. The topological polar surface area (TPSA) is 87.6 Å². The van der Waals surface area contributed by atoms with Crippen molar-refractivity contribution in [2.75, 3.05) is 26.7 Å². The molecule has 1 aliphatic rings. The van der Waals surface area contributed by atoms with E-state index in [1.54, 1.807) is 25.7 Å². The second-order valence-corrected chi connectivity index (χ2v) is 6.86. The molecule has 1 aliphatic heterocycles. The Labute approximate surface area is 159 Å². The van der Waals surface area contributed by atoms with Gasteiger partial charge in [-0.2, -0.15) is 0 Å². The largest absolute Gasteiger partial charge is 0.497 e. The van der Waals surface area contributed by atoms with Gasteiger partial charge in [-0.3, -0.25) is 19.7 Å². The number of rotatable bonds is 8. The maximum Gasteiger partial charge on any atom is 0.221 e. The van der Waals surface area contributed by atoms with Crippen LogP contribution in [-0.4, -0.2) is 58.7 Å². The second-order valence-electron chi connectivity index (χ2n) is 6.86. The zero-order valence-electron chi connectivity index (χ0n) is 15.5. The van der Waals surface area contributed by atoms with Crippen LogP contribution in [0, 0.1) is 5.92 Å². The zero-order chi connectivity index (χ0) is 19.1. The Balaban J connectivity index is 1.38. The quantitative estimate of drug-likeness (QED) is 0.722. The lowest BCUT2D eigenvalue weighted by Crippen LogP contribution is -2.30. The van der Waals surface area contributed by atoms with E-state index in [0.29, 0.717) is 32.5 Å². The maximum absolute atomic E-state index is 12.1. The number of carbonyl (C=O) groups excluding carboxylic acids is 1. The summed E-state index contributed by atoms with van der Waals surface area (Å²) in [7, 11) is 1.63. The number of hydrogen-bond acceptors (Lipinski definition) is 6. The van der Waals surface area contributed by atoms with Gasteiger partial charge in [0.25, 0.3) is 0 Å². The van der Waals surface area contributed by atoms with Crippen LogP contribution >= 0.6 is 0 Å². The number of nitrogens with zero attached hydrogens (tertiary/aromatic N) is 3. The number of hydrogen-bond donors (Lipinski definition) is 2. The van der Waals surface area contributed by atoms with Crippen molar-refractivity contribution >= 4 is 5.91 Å². The van der Waals surface area contributed by atoms with Crippen LogP contribution < -0.4 is 10.1 Å². The Morgan fingerprint density at radius 2 is 2.11 bits per heavy atom. The van der Waals surface area contributed by atoms with Crippen LogP contribution in [0.3, 0.4) is 0 Å².